The van der Waals surface area contributed by atoms with Crippen LogP contribution >= 0.6 is 11.6 Å². The minimum atomic E-state index is -0.304. The zero-order valence-corrected chi connectivity index (χ0v) is 19.7. The number of anilines is 1. The number of aromatic nitrogens is 2. The lowest BCUT2D eigenvalue weighted by Gasteiger charge is -2.11. The number of amides is 1. The molecule has 0 unspecified atom stereocenters. The molecule has 6 rings (SSSR count). The van der Waals surface area contributed by atoms with Gasteiger partial charge in [0.2, 0.25) is 0 Å². The van der Waals surface area contributed by atoms with E-state index in [0.29, 0.717) is 16.4 Å². The summed E-state index contributed by atoms with van der Waals surface area (Å²) in [7, 11) is 0. The average molecular weight is 484 g/mol. The van der Waals surface area contributed by atoms with Crippen molar-refractivity contribution in [2.24, 2.45) is 0 Å². The summed E-state index contributed by atoms with van der Waals surface area (Å²) < 4.78 is 18.1. The summed E-state index contributed by atoms with van der Waals surface area (Å²) >= 11 is 6.35. The Labute approximate surface area is 207 Å². The number of rotatable bonds is 4. The highest BCUT2D eigenvalue weighted by molar-refractivity contribution is 6.34. The lowest BCUT2D eigenvalue weighted by molar-refractivity contribution is 0.102. The van der Waals surface area contributed by atoms with E-state index >= 15 is 0 Å². The lowest BCUT2D eigenvalue weighted by atomic mass is 9.97. The smallest absolute Gasteiger partial charge is 0.273 e. The second-order valence-electron chi connectivity index (χ2n) is 8.83. The molecule has 1 N–H and O–H groups in total. The normalized spacial score (nSPS) is 13.1. The van der Waals surface area contributed by atoms with Crippen molar-refractivity contribution in [3.8, 4) is 22.4 Å². The number of carbonyl (C=O) groups excluding carboxylic acids is 1. The van der Waals surface area contributed by atoms with Crippen molar-refractivity contribution < 1.29 is 9.18 Å². The van der Waals surface area contributed by atoms with Gasteiger partial charge in [-0.3, -0.25) is 9.20 Å². The highest BCUT2D eigenvalue weighted by atomic mass is 35.5. The number of hydrogen-bond acceptors (Lipinski definition) is 1. The van der Waals surface area contributed by atoms with Crippen LogP contribution in [-0.4, -0.2) is 14.9 Å². The molecule has 0 saturated carbocycles. The standard InChI is InChI=1S/C29H23ClFN3O/c30-23-11-4-5-12-24(23)32-28(35)27-26(20-13-15-21(31)16-14-20)22-10-6-7-17-33-25(18-34(27)29(22)33)19-8-2-1-3-9-19/h1-5,8-9,11-16,18H,6-7,10,17H2,(H,32,35). The van der Waals surface area contributed by atoms with E-state index in [2.05, 4.69) is 22.0 Å². The van der Waals surface area contributed by atoms with Crippen LogP contribution in [0.2, 0.25) is 5.02 Å². The maximum absolute atomic E-state index is 13.9. The molecule has 1 amide bonds. The lowest BCUT2D eigenvalue weighted by Crippen LogP contribution is -2.15. The van der Waals surface area contributed by atoms with Gasteiger partial charge in [-0.25, -0.2) is 4.39 Å². The summed E-state index contributed by atoms with van der Waals surface area (Å²) in [6.07, 6.45) is 4.94. The van der Waals surface area contributed by atoms with Gasteiger partial charge in [-0.15, -0.1) is 0 Å². The Balaban J connectivity index is 1.62. The Morgan fingerprint density at radius 1 is 0.886 bits per heavy atom. The third-order valence-electron chi connectivity index (χ3n) is 6.67. The van der Waals surface area contributed by atoms with Crippen molar-refractivity contribution in [3.05, 3.63) is 107 Å². The van der Waals surface area contributed by atoms with E-state index in [1.165, 1.54) is 12.1 Å². The number of halogens is 2. The van der Waals surface area contributed by atoms with Crippen LogP contribution in [0.3, 0.4) is 0 Å². The summed E-state index contributed by atoms with van der Waals surface area (Å²) in [5, 5.41) is 3.48. The highest BCUT2D eigenvalue weighted by Crippen LogP contribution is 2.40. The molecular formula is C29H23ClFN3O. The minimum Gasteiger partial charge on any atom is -0.325 e. The maximum atomic E-state index is 13.9. The van der Waals surface area contributed by atoms with Gasteiger partial charge in [0, 0.05) is 23.9 Å². The molecule has 3 heterocycles. The van der Waals surface area contributed by atoms with Gasteiger partial charge in [0.25, 0.3) is 5.91 Å². The molecule has 1 aliphatic rings. The first-order valence-corrected chi connectivity index (χ1v) is 12.1. The molecule has 0 fully saturated rings. The highest BCUT2D eigenvalue weighted by Gasteiger charge is 2.29. The zero-order valence-electron chi connectivity index (χ0n) is 19.0. The van der Waals surface area contributed by atoms with Crippen LogP contribution in [0.15, 0.2) is 85.1 Å². The van der Waals surface area contributed by atoms with Crippen LogP contribution < -0.4 is 5.32 Å². The molecule has 174 valence electrons. The van der Waals surface area contributed by atoms with Gasteiger partial charge in [0.05, 0.1) is 16.4 Å². The second-order valence-corrected chi connectivity index (χ2v) is 9.23. The number of aryl methyl sites for hydroxylation is 2. The fraction of sp³-hybridized carbons (Fsp3) is 0.138. The first-order chi connectivity index (χ1) is 17.1. The molecule has 0 atom stereocenters. The topological polar surface area (TPSA) is 38.4 Å². The number of para-hydroxylation sites is 1. The number of nitrogens with zero attached hydrogens (tertiary/aromatic N) is 2. The average Bonchev–Trinajstić information content (AvgIpc) is 3.29. The van der Waals surface area contributed by atoms with E-state index < -0.39 is 0 Å². The number of carbonyl (C=O) groups is 1. The third-order valence-corrected chi connectivity index (χ3v) is 7.00. The van der Waals surface area contributed by atoms with Crippen molar-refractivity contribution >= 4 is 28.8 Å². The molecule has 0 radical (unpaired) electrons. The first kappa shape index (κ1) is 21.7. The monoisotopic (exact) mass is 483 g/mol. The third kappa shape index (κ3) is 3.72. The number of benzene rings is 3. The number of imidazole rings is 1. The fourth-order valence-electron chi connectivity index (χ4n) is 5.12. The summed E-state index contributed by atoms with van der Waals surface area (Å²) in [6, 6.07) is 23.8. The molecular weight excluding hydrogens is 461 g/mol. The molecule has 6 heteroatoms. The summed E-state index contributed by atoms with van der Waals surface area (Å²) in [6.45, 7) is 0.867. The molecule has 3 aromatic carbocycles. The van der Waals surface area contributed by atoms with Gasteiger partial charge in [-0.05, 0) is 54.7 Å². The van der Waals surface area contributed by atoms with Gasteiger partial charge in [0.15, 0.2) is 0 Å². The van der Waals surface area contributed by atoms with Gasteiger partial charge >= 0.3 is 0 Å². The van der Waals surface area contributed by atoms with Crippen molar-refractivity contribution in [3.63, 3.8) is 0 Å². The molecule has 0 saturated heterocycles. The second kappa shape index (κ2) is 8.75. The van der Waals surface area contributed by atoms with Crippen LogP contribution in [0.4, 0.5) is 10.1 Å². The van der Waals surface area contributed by atoms with Crippen LogP contribution in [0, 0.1) is 5.82 Å². The van der Waals surface area contributed by atoms with E-state index in [4.69, 9.17) is 11.6 Å². The van der Waals surface area contributed by atoms with Crippen LogP contribution in [-0.2, 0) is 13.0 Å². The van der Waals surface area contributed by atoms with E-state index in [9.17, 15) is 9.18 Å². The van der Waals surface area contributed by atoms with E-state index in [-0.39, 0.29) is 11.7 Å². The first-order valence-electron chi connectivity index (χ1n) is 11.8. The number of nitrogens with one attached hydrogen (secondary N) is 1. The van der Waals surface area contributed by atoms with Gasteiger partial charge < -0.3 is 9.88 Å². The fourth-order valence-corrected chi connectivity index (χ4v) is 5.30. The van der Waals surface area contributed by atoms with Crippen LogP contribution in [0.1, 0.15) is 28.9 Å². The van der Waals surface area contributed by atoms with Crippen LogP contribution in [0.5, 0.6) is 0 Å². The Hall–Kier alpha value is -3.83. The van der Waals surface area contributed by atoms with Gasteiger partial charge in [0.1, 0.15) is 17.2 Å². The van der Waals surface area contributed by atoms with Crippen molar-refractivity contribution in [2.45, 2.75) is 25.8 Å². The minimum absolute atomic E-state index is 0.254. The Morgan fingerprint density at radius 2 is 1.63 bits per heavy atom. The zero-order chi connectivity index (χ0) is 23.9. The Bertz CT molecular complexity index is 1550. The van der Waals surface area contributed by atoms with E-state index in [1.807, 2.05) is 40.9 Å². The Kier molecular flexibility index (Phi) is 5.42. The molecule has 4 nitrogen and oxygen atoms in total. The molecule has 0 spiro atoms. The summed E-state index contributed by atoms with van der Waals surface area (Å²) in [5.74, 6) is -0.558. The van der Waals surface area contributed by atoms with E-state index in [1.54, 1.807) is 24.3 Å². The number of hydrogen-bond donors (Lipinski definition) is 1. The molecule has 2 aromatic heterocycles. The molecule has 35 heavy (non-hydrogen) atoms. The summed E-state index contributed by atoms with van der Waals surface area (Å²) in [4.78, 5) is 13.9. The maximum Gasteiger partial charge on any atom is 0.273 e. The van der Waals surface area contributed by atoms with E-state index in [0.717, 1.165) is 59.4 Å². The van der Waals surface area contributed by atoms with Crippen LogP contribution in [0.25, 0.3) is 28.0 Å². The predicted molar refractivity (Wildman–Crippen MR) is 139 cm³/mol. The molecule has 0 aliphatic carbocycles. The molecule has 0 bridgehead atoms. The Morgan fingerprint density at radius 3 is 2.40 bits per heavy atom. The largest absolute Gasteiger partial charge is 0.325 e. The quantitative estimate of drug-likeness (QED) is 0.283. The van der Waals surface area contributed by atoms with Gasteiger partial charge in [-0.1, -0.05) is 66.2 Å². The molecule has 1 aliphatic heterocycles. The SMILES string of the molecule is O=C(Nc1ccccc1Cl)c1c(-c2ccc(F)cc2)c2c3n(c(-c4ccccc4)cn13)CCCC2. The summed E-state index contributed by atoms with van der Waals surface area (Å²) in [5.41, 5.74) is 7.05. The van der Waals surface area contributed by atoms with Crippen molar-refractivity contribution in [2.75, 3.05) is 5.32 Å². The predicted octanol–water partition coefficient (Wildman–Crippen LogP) is 7.46. The van der Waals surface area contributed by atoms with Crippen molar-refractivity contribution in [1.82, 2.24) is 8.97 Å². The van der Waals surface area contributed by atoms with Crippen molar-refractivity contribution in [1.29, 1.82) is 0 Å². The van der Waals surface area contributed by atoms with Gasteiger partial charge in [-0.2, -0.15) is 0 Å². The molecule has 5 aromatic rings.